The first-order valence-electron chi connectivity index (χ1n) is 10.0. The molecule has 0 radical (unpaired) electrons. The minimum Gasteiger partial charge on any atom is -0.324 e. The first kappa shape index (κ1) is 20.8. The highest BCUT2D eigenvalue weighted by Crippen LogP contribution is 2.29. The third-order valence-corrected chi connectivity index (χ3v) is 5.46. The molecule has 1 aliphatic carbocycles. The van der Waals surface area contributed by atoms with Crippen LogP contribution in [0.25, 0.3) is 0 Å². The zero-order valence-electron chi connectivity index (χ0n) is 17.5. The van der Waals surface area contributed by atoms with E-state index in [1.54, 1.807) is 13.8 Å². The third-order valence-electron chi connectivity index (χ3n) is 5.46. The number of hydrogen-bond acceptors (Lipinski definition) is 4. The van der Waals surface area contributed by atoms with Crippen LogP contribution in [0.3, 0.4) is 0 Å². The molecule has 29 heavy (non-hydrogen) atoms. The van der Waals surface area contributed by atoms with Gasteiger partial charge in [-0.1, -0.05) is 18.9 Å². The van der Waals surface area contributed by atoms with Gasteiger partial charge in [0.2, 0.25) is 11.8 Å². The van der Waals surface area contributed by atoms with Gasteiger partial charge < -0.3 is 10.6 Å². The van der Waals surface area contributed by atoms with Crippen LogP contribution in [0.4, 0.5) is 11.4 Å². The average molecular weight is 396 g/mol. The topological polar surface area (TPSA) is 93.1 Å². The van der Waals surface area contributed by atoms with E-state index in [2.05, 4.69) is 15.7 Å². The van der Waals surface area contributed by atoms with E-state index in [1.165, 1.54) is 11.6 Å². The smallest absolute Gasteiger partial charge is 0.246 e. The van der Waals surface area contributed by atoms with Gasteiger partial charge in [0.15, 0.2) is 5.78 Å². The van der Waals surface area contributed by atoms with Crippen molar-refractivity contribution in [2.24, 2.45) is 5.92 Å². The number of benzene rings is 1. The standard InChI is InChI=1S/C22H28N4O3/c1-13-9-10-18(24-22(29)17-7-5-6-8-17)19(11-13)23-20(28)12-26-15(3)21(16(4)27)14(2)25-26/h9-11,17H,5-8,12H2,1-4H3,(H,23,28)(H,24,29). The van der Waals surface area contributed by atoms with Crippen LogP contribution in [0, 0.1) is 26.7 Å². The predicted octanol–water partition coefficient (Wildman–Crippen LogP) is 3.78. The molecule has 3 rings (SSSR count). The first-order valence-corrected chi connectivity index (χ1v) is 10.0. The number of aryl methyl sites for hydroxylation is 2. The molecule has 1 aliphatic rings. The van der Waals surface area contributed by atoms with Crippen LogP contribution < -0.4 is 10.6 Å². The summed E-state index contributed by atoms with van der Waals surface area (Å²) in [6, 6.07) is 5.55. The van der Waals surface area contributed by atoms with Gasteiger partial charge in [-0.3, -0.25) is 19.1 Å². The van der Waals surface area contributed by atoms with Crippen molar-refractivity contribution in [2.45, 2.75) is 59.9 Å². The molecule has 154 valence electrons. The minimum atomic E-state index is -0.271. The van der Waals surface area contributed by atoms with E-state index in [9.17, 15) is 14.4 Å². The van der Waals surface area contributed by atoms with Gasteiger partial charge in [0.25, 0.3) is 0 Å². The third kappa shape index (κ3) is 4.72. The summed E-state index contributed by atoms with van der Waals surface area (Å²) in [6.45, 7) is 6.95. The monoisotopic (exact) mass is 396 g/mol. The highest BCUT2D eigenvalue weighted by molar-refractivity contribution is 6.00. The first-order chi connectivity index (χ1) is 13.8. The van der Waals surface area contributed by atoms with Crippen LogP contribution in [-0.4, -0.2) is 27.4 Å². The number of ketones is 1. The summed E-state index contributed by atoms with van der Waals surface area (Å²) in [7, 11) is 0. The Morgan fingerprint density at radius 3 is 2.38 bits per heavy atom. The second-order valence-electron chi connectivity index (χ2n) is 7.83. The second kappa shape index (κ2) is 8.59. The van der Waals surface area contributed by atoms with Crippen molar-refractivity contribution in [3.63, 3.8) is 0 Å². The zero-order chi connectivity index (χ0) is 21.1. The van der Waals surface area contributed by atoms with Crippen LogP contribution >= 0.6 is 0 Å². The van der Waals surface area contributed by atoms with Crippen molar-refractivity contribution in [2.75, 3.05) is 10.6 Å². The summed E-state index contributed by atoms with van der Waals surface area (Å²) in [4.78, 5) is 36.9. The molecule has 1 aromatic carbocycles. The van der Waals surface area contributed by atoms with Crippen molar-refractivity contribution >= 4 is 29.0 Å². The molecule has 2 amide bonds. The number of nitrogens with one attached hydrogen (secondary N) is 2. The van der Waals surface area contributed by atoms with Gasteiger partial charge in [0.05, 0.1) is 22.6 Å². The molecular formula is C22H28N4O3. The maximum absolute atomic E-state index is 12.7. The fraction of sp³-hybridized carbons (Fsp3) is 0.455. The number of Topliss-reactive ketones (excluding diaryl/α,β-unsaturated/α-hetero) is 1. The molecule has 2 N–H and O–H groups in total. The van der Waals surface area contributed by atoms with E-state index in [-0.39, 0.29) is 30.1 Å². The number of carbonyl (C=O) groups is 3. The number of nitrogens with zero attached hydrogens (tertiary/aromatic N) is 2. The highest BCUT2D eigenvalue weighted by Gasteiger charge is 2.23. The van der Waals surface area contributed by atoms with Gasteiger partial charge in [-0.15, -0.1) is 0 Å². The molecule has 0 atom stereocenters. The molecule has 2 aromatic rings. The summed E-state index contributed by atoms with van der Waals surface area (Å²) >= 11 is 0. The molecule has 1 heterocycles. The Kier molecular flexibility index (Phi) is 6.15. The van der Waals surface area contributed by atoms with Crippen molar-refractivity contribution in [1.82, 2.24) is 9.78 Å². The predicted molar refractivity (Wildman–Crippen MR) is 112 cm³/mol. The molecule has 0 aliphatic heterocycles. The Morgan fingerprint density at radius 1 is 1.07 bits per heavy atom. The average Bonchev–Trinajstić information content (AvgIpc) is 3.26. The minimum absolute atomic E-state index is 0.00602. The van der Waals surface area contributed by atoms with Crippen LogP contribution in [0.1, 0.15) is 59.9 Å². The van der Waals surface area contributed by atoms with Gasteiger partial charge in [0, 0.05) is 11.6 Å². The molecule has 0 bridgehead atoms. The molecule has 0 unspecified atom stereocenters. The molecule has 1 aromatic heterocycles. The van der Waals surface area contributed by atoms with Crippen LogP contribution in [0.2, 0.25) is 0 Å². The molecule has 0 saturated heterocycles. The van der Waals surface area contributed by atoms with Crippen LogP contribution in [0.15, 0.2) is 18.2 Å². The largest absolute Gasteiger partial charge is 0.324 e. The lowest BCUT2D eigenvalue weighted by Gasteiger charge is -2.16. The summed E-state index contributed by atoms with van der Waals surface area (Å²) in [5, 5.41) is 10.2. The molecule has 0 spiro atoms. The van der Waals surface area contributed by atoms with E-state index < -0.39 is 0 Å². The van der Waals surface area contributed by atoms with Gasteiger partial charge in [-0.05, 0) is 58.2 Å². The van der Waals surface area contributed by atoms with Crippen molar-refractivity contribution in [3.8, 4) is 0 Å². The normalized spacial score (nSPS) is 14.1. The summed E-state index contributed by atoms with van der Waals surface area (Å²) in [6.07, 6.45) is 3.99. The lowest BCUT2D eigenvalue weighted by molar-refractivity contribution is -0.120. The number of anilines is 2. The number of carbonyl (C=O) groups excluding carboxylic acids is 3. The van der Waals surface area contributed by atoms with E-state index in [1.807, 2.05) is 25.1 Å². The van der Waals surface area contributed by atoms with Crippen molar-refractivity contribution in [1.29, 1.82) is 0 Å². The van der Waals surface area contributed by atoms with E-state index >= 15 is 0 Å². The summed E-state index contributed by atoms with van der Waals surface area (Å²) in [5.74, 6) is -0.291. The van der Waals surface area contributed by atoms with Crippen molar-refractivity contribution < 1.29 is 14.4 Å². The van der Waals surface area contributed by atoms with Gasteiger partial charge in [0.1, 0.15) is 6.54 Å². The van der Waals surface area contributed by atoms with E-state index in [4.69, 9.17) is 0 Å². The Balaban J connectivity index is 1.74. The Hall–Kier alpha value is -2.96. The fourth-order valence-corrected chi connectivity index (χ4v) is 3.98. The lowest BCUT2D eigenvalue weighted by atomic mass is 10.1. The lowest BCUT2D eigenvalue weighted by Crippen LogP contribution is -2.24. The van der Waals surface area contributed by atoms with Crippen molar-refractivity contribution in [3.05, 3.63) is 40.7 Å². The molecule has 1 saturated carbocycles. The van der Waals surface area contributed by atoms with Gasteiger partial charge in [-0.2, -0.15) is 5.10 Å². The maximum Gasteiger partial charge on any atom is 0.246 e. The highest BCUT2D eigenvalue weighted by atomic mass is 16.2. The van der Waals surface area contributed by atoms with Gasteiger partial charge in [-0.25, -0.2) is 0 Å². The Labute approximate surface area is 170 Å². The van der Waals surface area contributed by atoms with E-state index in [0.29, 0.717) is 28.3 Å². The zero-order valence-corrected chi connectivity index (χ0v) is 17.5. The Bertz CT molecular complexity index is 955. The van der Waals surface area contributed by atoms with Gasteiger partial charge >= 0.3 is 0 Å². The second-order valence-corrected chi connectivity index (χ2v) is 7.83. The molecule has 7 nitrogen and oxygen atoms in total. The van der Waals surface area contributed by atoms with Crippen LogP contribution in [0.5, 0.6) is 0 Å². The molecule has 7 heteroatoms. The molecular weight excluding hydrogens is 368 g/mol. The van der Waals surface area contributed by atoms with E-state index in [0.717, 1.165) is 31.2 Å². The SMILES string of the molecule is CC(=O)c1c(C)nn(CC(=O)Nc2cc(C)ccc2NC(=O)C2CCCC2)c1C. The molecule has 1 fully saturated rings. The quantitative estimate of drug-likeness (QED) is 0.727. The van der Waals surface area contributed by atoms with Crippen LogP contribution in [-0.2, 0) is 16.1 Å². The number of amides is 2. The summed E-state index contributed by atoms with van der Waals surface area (Å²) in [5.41, 5.74) is 3.97. The fourth-order valence-electron chi connectivity index (χ4n) is 3.98. The summed E-state index contributed by atoms with van der Waals surface area (Å²) < 4.78 is 1.54. The number of rotatable bonds is 6. The number of hydrogen-bond donors (Lipinski definition) is 2. The maximum atomic E-state index is 12.7. The Morgan fingerprint density at radius 2 is 1.76 bits per heavy atom. The number of aromatic nitrogens is 2.